The van der Waals surface area contributed by atoms with Crippen LogP contribution in [0.1, 0.15) is 4.88 Å². The lowest BCUT2D eigenvalue weighted by atomic mass is 10.3. The molecule has 0 atom stereocenters. The highest BCUT2D eigenvalue weighted by Gasteiger charge is 2.16. The monoisotopic (exact) mass is 380 g/mol. The summed E-state index contributed by atoms with van der Waals surface area (Å²) in [6.45, 7) is 0.324. The minimum Gasteiger partial charge on any atom is -0.326 e. The van der Waals surface area contributed by atoms with E-state index in [1.54, 1.807) is 29.6 Å². The molecular formula is C11H10BrClN2O2S2. The fourth-order valence-electron chi connectivity index (χ4n) is 1.38. The molecule has 0 aliphatic heterocycles. The maximum Gasteiger partial charge on any atom is 0.262 e. The van der Waals surface area contributed by atoms with Crippen molar-refractivity contribution in [2.45, 2.75) is 11.4 Å². The molecule has 8 heteroatoms. The van der Waals surface area contributed by atoms with Gasteiger partial charge in [0.1, 0.15) is 0 Å². The van der Waals surface area contributed by atoms with Gasteiger partial charge in [-0.05, 0) is 40.2 Å². The zero-order valence-corrected chi connectivity index (χ0v) is 13.5. The van der Waals surface area contributed by atoms with Crippen LogP contribution in [0.4, 0.5) is 5.69 Å². The molecule has 0 aliphatic carbocycles. The van der Waals surface area contributed by atoms with E-state index in [9.17, 15) is 8.42 Å². The molecule has 4 nitrogen and oxygen atoms in total. The second kappa shape index (κ2) is 5.80. The number of nitrogens with two attached hydrogens (primary N) is 1. The molecule has 0 spiro atoms. The molecule has 0 aliphatic rings. The lowest BCUT2D eigenvalue weighted by molar-refractivity contribution is 0.601. The van der Waals surface area contributed by atoms with E-state index in [0.717, 1.165) is 4.88 Å². The van der Waals surface area contributed by atoms with Gasteiger partial charge in [0, 0.05) is 21.3 Å². The molecule has 0 amide bonds. The van der Waals surface area contributed by atoms with Crippen LogP contribution in [0, 0.1) is 0 Å². The van der Waals surface area contributed by atoms with Gasteiger partial charge >= 0.3 is 0 Å². The van der Waals surface area contributed by atoms with Crippen molar-refractivity contribution < 1.29 is 8.42 Å². The molecule has 0 fully saturated rings. The molecule has 102 valence electrons. The molecule has 3 N–H and O–H groups in total. The van der Waals surface area contributed by atoms with E-state index in [4.69, 9.17) is 17.3 Å². The summed E-state index contributed by atoms with van der Waals surface area (Å²) in [5, 5.41) is 2.00. The van der Waals surface area contributed by atoms with Crippen molar-refractivity contribution in [3.05, 3.63) is 44.0 Å². The number of hydrogen-bond acceptors (Lipinski definition) is 4. The molecule has 0 saturated heterocycles. The summed E-state index contributed by atoms with van der Waals surface area (Å²) < 4.78 is 27.4. The lowest BCUT2D eigenvalue weighted by Gasteiger charge is -2.07. The Morgan fingerprint density at radius 3 is 2.68 bits per heavy atom. The summed E-state index contributed by atoms with van der Waals surface area (Å²) in [5.41, 5.74) is 5.88. The van der Waals surface area contributed by atoms with Crippen LogP contribution in [0.2, 0.25) is 5.02 Å². The van der Waals surface area contributed by atoms with Gasteiger partial charge in [-0.15, -0.1) is 11.3 Å². The van der Waals surface area contributed by atoms with Crippen LogP contribution in [0.3, 0.4) is 0 Å². The fraction of sp³-hybridized carbons (Fsp3) is 0.0909. The summed E-state index contributed by atoms with van der Waals surface area (Å²) >= 11 is 10.5. The number of halogens is 2. The van der Waals surface area contributed by atoms with Crippen molar-refractivity contribution in [2.75, 3.05) is 4.72 Å². The number of hydrogen-bond donors (Lipinski definition) is 2. The first-order valence-electron chi connectivity index (χ1n) is 5.18. The average molecular weight is 382 g/mol. The standard InChI is InChI=1S/C11H10BrClN2O2S2/c12-10-2-1-7(3-11(10)13)15-19(16,17)9-4-8(5-14)18-6-9/h1-4,6,15H,5,14H2. The summed E-state index contributed by atoms with van der Waals surface area (Å²) in [6, 6.07) is 6.41. The van der Waals surface area contributed by atoms with E-state index in [1.165, 1.54) is 11.3 Å². The molecule has 0 saturated carbocycles. The largest absolute Gasteiger partial charge is 0.326 e. The van der Waals surface area contributed by atoms with Gasteiger partial charge in [0.15, 0.2) is 0 Å². The number of rotatable bonds is 4. The first kappa shape index (κ1) is 14.8. The highest BCUT2D eigenvalue weighted by atomic mass is 79.9. The van der Waals surface area contributed by atoms with Crippen molar-refractivity contribution >= 4 is 54.6 Å². The van der Waals surface area contributed by atoms with Gasteiger partial charge in [0.2, 0.25) is 0 Å². The number of thiophene rings is 1. The maximum atomic E-state index is 12.1. The summed E-state index contributed by atoms with van der Waals surface area (Å²) in [7, 11) is -3.60. The van der Waals surface area contributed by atoms with Crippen molar-refractivity contribution in [3.63, 3.8) is 0 Å². The molecule has 19 heavy (non-hydrogen) atoms. The summed E-state index contributed by atoms with van der Waals surface area (Å²) in [5.74, 6) is 0. The third kappa shape index (κ3) is 3.49. The Labute approximate surface area is 128 Å². The van der Waals surface area contributed by atoms with Crippen LogP contribution in [-0.4, -0.2) is 8.42 Å². The molecule has 0 bridgehead atoms. The van der Waals surface area contributed by atoms with Gasteiger partial charge < -0.3 is 5.73 Å². The zero-order chi connectivity index (χ0) is 14.0. The molecule has 0 radical (unpaired) electrons. The second-order valence-corrected chi connectivity index (χ2v) is 7.63. The van der Waals surface area contributed by atoms with E-state index >= 15 is 0 Å². The van der Waals surface area contributed by atoms with Crippen LogP contribution in [0.25, 0.3) is 0 Å². The topological polar surface area (TPSA) is 72.2 Å². The Bertz CT molecular complexity index is 700. The summed E-state index contributed by atoms with van der Waals surface area (Å²) in [4.78, 5) is 1.02. The van der Waals surface area contributed by atoms with Gasteiger partial charge in [-0.3, -0.25) is 4.72 Å². The Kier molecular flexibility index (Phi) is 4.52. The van der Waals surface area contributed by atoms with Gasteiger partial charge in [0.25, 0.3) is 10.0 Å². The van der Waals surface area contributed by atoms with Crippen LogP contribution in [-0.2, 0) is 16.6 Å². The Hall–Kier alpha value is -0.600. The molecule has 2 rings (SSSR count). The second-order valence-electron chi connectivity index (χ2n) is 3.69. The zero-order valence-electron chi connectivity index (χ0n) is 9.56. The highest BCUT2D eigenvalue weighted by Crippen LogP contribution is 2.27. The van der Waals surface area contributed by atoms with E-state index in [2.05, 4.69) is 20.7 Å². The minimum absolute atomic E-state index is 0.206. The fourth-order valence-corrected chi connectivity index (χ4v) is 4.01. The smallest absolute Gasteiger partial charge is 0.262 e. The van der Waals surface area contributed by atoms with Crippen molar-refractivity contribution in [3.8, 4) is 0 Å². The molecular weight excluding hydrogens is 372 g/mol. The first-order chi connectivity index (χ1) is 8.92. The Balaban J connectivity index is 2.28. The highest BCUT2D eigenvalue weighted by molar-refractivity contribution is 9.10. The van der Waals surface area contributed by atoms with E-state index in [0.29, 0.717) is 21.7 Å². The Morgan fingerprint density at radius 2 is 2.11 bits per heavy atom. The number of nitrogens with one attached hydrogen (secondary N) is 1. The summed E-state index contributed by atoms with van der Waals surface area (Å²) in [6.07, 6.45) is 0. The normalized spacial score (nSPS) is 11.5. The molecule has 0 unspecified atom stereocenters. The molecule has 2 aromatic rings. The van der Waals surface area contributed by atoms with Crippen LogP contribution in [0.15, 0.2) is 39.0 Å². The van der Waals surface area contributed by atoms with Crippen molar-refractivity contribution in [1.29, 1.82) is 0 Å². The van der Waals surface area contributed by atoms with Crippen molar-refractivity contribution in [2.24, 2.45) is 5.73 Å². The van der Waals surface area contributed by atoms with E-state index in [-0.39, 0.29) is 4.90 Å². The first-order valence-corrected chi connectivity index (χ1v) is 8.71. The molecule has 1 aromatic heterocycles. The van der Waals surface area contributed by atoms with Gasteiger partial charge in [-0.25, -0.2) is 8.42 Å². The van der Waals surface area contributed by atoms with Crippen LogP contribution < -0.4 is 10.5 Å². The Morgan fingerprint density at radius 1 is 1.37 bits per heavy atom. The van der Waals surface area contributed by atoms with Crippen LogP contribution in [0.5, 0.6) is 0 Å². The number of benzene rings is 1. The van der Waals surface area contributed by atoms with Crippen LogP contribution >= 0.6 is 38.9 Å². The number of anilines is 1. The average Bonchev–Trinajstić information content (AvgIpc) is 2.83. The maximum absolute atomic E-state index is 12.1. The molecule has 1 aromatic carbocycles. The van der Waals surface area contributed by atoms with Crippen molar-refractivity contribution in [1.82, 2.24) is 0 Å². The van der Waals surface area contributed by atoms with Gasteiger partial charge in [-0.2, -0.15) is 0 Å². The predicted octanol–water partition coefficient (Wildman–Crippen LogP) is 3.42. The SMILES string of the molecule is NCc1cc(S(=O)(=O)Nc2ccc(Br)c(Cl)c2)cs1. The van der Waals surface area contributed by atoms with Gasteiger partial charge in [0.05, 0.1) is 15.6 Å². The third-order valence-corrected chi connectivity index (χ3v) is 6.01. The number of sulfonamides is 1. The quantitative estimate of drug-likeness (QED) is 0.852. The molecule has 1 heterocycles. The van der Waals surface area contributed by atoms with E-state index < -0.39 is 10.0 Å². The predicted molar refractivity (Wildman–Crippen MR) is 82.2 cm³/mol. The minimum atomic E-state index is -3.60. The lowest BCUT2D eigenvalue weighted by Crippen LogP contribution is -2.12. The van der Waals surface area contributed by atoms with E-state index in [1.807, 2.05) is 0 Å². The van der Waals surface area contributed by atoms with Gasteiger partial charge in [-0.1, -0.05) is 11.6 Å². The third-order valence-electron chi connectivity index (χ3n) is 2.31.